The summed E-state index contributed by atoms with van der Waals surface area (Å²) >= 11 is 0. The lowest BCUT2D eigenvalue weighted by molar-refractivity contribution is 0.351. The molecule has 0 aliphatic heterocycles. The summed E-state index contributed by atoms with van der Waals surface area (Å²) < 4.78 is 2.12. The van der Waals surface area contributed by atoms with Crippen LogP contribution in [0.1, 0.15) is 58.7 Å². The third-order valence-electron chi connectivity index (χ3n) is 4.87. The summed E-state index contributed by atoms with van der Waals surface area (Å²) in [6, 6.07) is 3.44. The van der Waals surface area contributed by atoms with Crippen molar-refractivity contribution in [1.29, 1.82) is 0 Å². The Bertz CT molecular complexity index is 385. The Kier molecular flexibility index (Phi) is 5.03. The van der Waals surface area contributed by atoms with Crippen molar-refractivity contribution in [2.45, 2.75) is 65.5 Å². The van der Waals surface area contributed by atoms with Crippen molar-refractivity contribution in [1.82, 2.24) is 15.1 Å². The summed E-state index contributed by atoms with van der Waals surface area (Å²) in [6.45, 7) is 10.1. The van der Waals surface area contributed by atoms with Crippen molar-refractivity contribution in [2.75, 3.05) is 6.54 Å². The van der Waals surface area contributed by atoms with Gasteiger partial charge in [0.1, 0.15) is 0 Å². The van der Waals surface area contributed by atoms with E-state index in [0.717, 1.165) is 31.2 Å². The van der Waals surface area contributed by atoms with E-state index in [4.69, 9.17) is 5.10 Å². The van der Waals surface area contributed by atoms with Crippen molar-refractivity contribution >= 4 is 0 Å². The second-order valence-electron chi connectivity index (χ2n) is 6.11. The Morgan fingerprint density at radius 3 is 2.89 bits per heavy atom. The molecule has 1 N–H and O–H groups in total. The summed E-state index contributed by atoms with van der Waals surface area (Å²) in [5.41, 5.74) is 1.27. The van der Waals surface area contributed by atoms with Crippen molar-refractivity contribution in [2.24, 2.45) is 11.8 Å². The molecule has 1 aliphatic carbocycles. The second kappa shape index (κ2) is 6.56. The molecule has 0 aromatic carbocycles. The number of nitrogens with one attached hydrogen (secondary N) is 1. The van der Waals surface area contributed by atoms with Gasteiger partial charge < -0.3 is 5.32 Å². The van der Waals surface area contributed by atoms with E-state index in [-0.39, 0.29) is 0 Å². The monoisotopic (exact) mass is 263 g/mol. The lowest BCUT2D eigenvalue weighted by Crippen LogP contribution is -2.32. The Morgan fingerprint density at radius 2 is 2.21 bits per heavy atom. The van der Waals surface area contributed by atoms with Crippen molar-refractivity contribution in [3.05, 3.63) is 18.0 Å². The molecule has 1 aromatic heterocycles. The molecule has 0 radical (unpaired) electrons. The fourth-order valence-corrected chi connectivity index (χ4v) is 3.27. The second-order valence-corrected chi connectivity index (χ2v) is 6.11. The maximum atomic E-state index is 4.75. The van der Waals surface area contributed by atoms with Gasteiger partial charge in [0.2, 0.25) is 0 Å². The first-order chi connectivity index (χ1) is 9.15. The van der Waals surface area contributed by atoms with Crippen LogP contribution >= 0.6 is 0 Å². The molecule has 4 atom stereocenters. The van der Waals surface area contributed by atoms with Gasteiger partial charge in [-0.05, 0) is 57.1 Å². The molecule has 3 nitrogen and oxygen atoms in total. The molecule has 0 bridgehead atoms. The standard InChI is InChI=1S/C16H29N3/c1-5-12(3)19-10-9-15(18-19)11-14-7-8-16(13(14)4)17-6-2/h9-10,12-14,16-17H,5-8,11H2,1-4H3. The third-order valence-corrected chi connectivity index (χ3v) is 4.87. The van der Waals surface area contributed by atoms with Gasteiger partial charge in [-0.2, -0.15) is 5.10 Å². The zero-order valence-electron chi connectivity index (χ0n) is 12.9. The van der Waals surface area contributed by atoms with Crippen LogP contribution in [0.4, 0.5) is 0 Å². The van der Waals surface area contributed by atoms with Gasteiger partial charge in [-0.25, -0.2) is 0 Å². The van der Waals surface area contributed by atoms with E-state index in [9.17, 15) is 0 Å². The largest absolute Gasteiger partial charge is 0.314 e. The predicted octanol–water partition coefficient (Wildman–Crippen LogP) is 3.42. The van der Waals surface area contributed by atoms with Crippen LogP contribution < -0.4 is 5.32 Å². The number of aromatic nitrogens is 2. The normalized spacial score (nSPS) is 28.7. The minimum absolute atomic E-state index is 0.518. The zero-order chi connectivity index (χ0) is 13.8. The first-order valence-electron chi connectivity index (χ1n) is 7.93. The van der Waals surface area contributed by atoms with Gasteiger partial charge in [-0.1, -0.05) is 20.8 Å². The van der Waals surface area contributed by atoms with Gasteiger partial charge in [0.25, 0.3) is 0 Å². The zero-order valence-corrected chi connectivity index (χ0v) is 12.9. The topological polar surface area (TPSA) is 29.9 Å². The van der Waals surface area contributed by atoms with E-state index in [1.54, 1.807) is 0 Å². The maximum absolute atomic E-state index is 4.75. The predicted molar refractivity (Wildman–Crippen MR) is 80.3 cm³/mol. The smallest absolute Gasteiger partial charge is 0.0627 e. The van der Waals surface area contributed by atoms with Crippen LogP contribution in [0, 0.1) is 11.8 Å². The molecule has 3 heteroatoms. The van der Waals surface area contributed by atoms with E-state index in [1.165, 1.54) is 18.5 Å². The Balaban J connectivity index is 1.93. The van der Waals surface area contributed by atoms with Gasteiger partial charge in [0, 0.05) is 18.3 Å². The quantitative estimate of drug-likeness (QED) is 0.852. The van der Waals surface area contributed by atoms with Gasteiger partial charge in [0.15, 0.2) is 0 Å². The Labute approximate surface area is 117 Å². The van der Waals surface area contributed by atoms with E-state index in [0.29, 0.717) is 12.1 Å². The van der Waals surface area contributed by atoms with Gasteiger partial charge in [-0.3, -0.25) is 4.68 Å². The molecule has 4 unspecified atom stereocenters. The molecular formula is C16H29N3. The highest BCUT2D eigenvalue weighted by atomic mass is 15.3. The first kappa shape index (κ1) is 14.6. The molecule has 0 amide bonds. The minimum atomic E-state index is 0.518. The highest BCUT2D eigenvalue weighted by Gasteiger charge is 2.32. The summed E-state index contributed by atoms with van der Waals surface area (Å²) in [5, 5.41) is 8.36. The van der Waals surface area contributed by atoms with Crippen LogP contribution in [0.5, 0.6) is 0 Å². The number of hydrogen-bond donors (Lipinski definition) is 1. The van der Waals surface area contributed by atoms with Crippen molar-refractivity contribution in [3.63, 3.8) is 0 Å². The lowest BCUT2D eigenvalue weighted by Gasteiger charge is -2.20. The molecule has 1 heterocycles. The molecular weight excluding hydrogens is 234 g/mol. The molecule has 1 saturated carbocycles. The minimum Gasteiger partial charge on any atom is -0.314 e. The summed E-state index contributed by atoms with van der Waals surface area (Å²) in [6.07, 6.45) is 7.10. The van der Waals surface area contributed by atoms with Crippen LogP contribution in [0.15, 0.2) is 12.3 Å². The number of rotatable bonds is 6. The number of nitrogens with zero attached hydrogens (tertiary/aromatic N) is 2. The SMILES string of the molecule is CCNC1CCC(Cc2ccn(C(C)CC)n2)C1C. The van der Waals surface area contributed by atoms with Gasteiger partial charge >= 0.3 is 0 Å². The van der Waals surface area contributed by atoms with Crippen LogP contribution in [0.25, 0.3) is 0 Å². The molecule has 0 saturated heterocycles. The summed E-state index contributed by atoms with van der Waals surface area (Å²) in [4.78, 5) is 0. The highest BCUT2D eigenvalue weighted by molar-refractivity contribution is 5.03. The average molecular weight is 263 g/mol. The third kappa shape index (κ3) is 3.38. The van der Waals surface area contributed by atoms with E-state index < -0.39 is 0 Å². The van der Waals surface area contributed by atoms with Crippen molar-refractivity contribution in [3.8, 4) is 0 Å². The molecule has 1 fully saturated rings. The van der Waals surface area contributed by atoms with Crippen molar-refractivity contribution < 1.29 is 0 Å². The fraction of sp³-hybridized carbons (Fsp3) is 0.812. The molecule has 2 rings (SSSR count). The van der Waals surface area contributed by atoms with Crippen LogP contribution in [0.2, 0.25) is 0 Å². The highest BCUT2D eigenvalue weighted by Crippen LogP contribution is 2.34. The Hall–Kier alpha value is -0.830. The first-order valence-corrected chi connectivity index (χ1v) is 7.93. The van der Waals surface area contributed by atoms with Crippen LogP contribution in [-0.4, -0.2) is 22.4 Å². The summed E-state index contributed by atoms with van der Waals surface area (Å²) in [5.74, 6) is 1.57. The molecule has 108 valence electrons. The fourth-order valence-electron chi connectivity index (χ4n) is 3.27. The van der Waals surface area contributed by atoms with Gasteiger partial charge in [0.05, 0.1) is 5.69 Å². The molecule has 1 aliphatic rings. The number of hydrogen-bond acceptors (Lipinski definition) is 2. The summed E-state index contributed by atoms with van der Waals surface area (Å²) in [7, 11) is 0. The maximum Gasteiger partial charge on any atom is 0.0627 e. The van der Waals surface area contributed by atoms with Crippen LogP contribution in [0.3, 0.4) is 0 Å². The van der Waals surface area contributed by atoms with Crippen LogP contribution in [-0.2, 0) is 6.42 Å². The van der Waals surface area contributed by atoms with E-state index in [1.807, 2.05) is 0 Å². The average Bonchev–Trinajstić information content (AvgIpc) is 3.00. The lowest BCUT2D eigenvalue weighted by atomic mass is 9.91. The van der Waals surface area contributed by atoms with E-state index >= 15 is 0 Å². The Morgan fingerprint density at radius 1 is 1.42 bits per heavy atom. The molecule has 1 aromatic rings. The molecule has 0 spiro atoms. The molecule has 19 heavy (non-hydrogen) atoms. The van der Waals surface area contributed by atoms with E-state index in [2.05, 4.69) is 50.0 Å². The van der Waals surface area contributed by atoms with Gasteiger partial charge in [-0.15, -0.1) is 0 Å².